The average Bonchev–Trinajstić information content (AvgIpc) is 3.54. The number of allylic oxidation sites excluding steroid dienone is 5. The van der Waals surface area contributed by atoms with Gasteiger partial charge in [-0.15, -0.1) is 0 Å². The molecule has 1 aromatic heterocycles. The van der Waals surface area contributed by atoms with E-state index in [4.69, 9.17) is 0 Å². The van der Waals surface area contributed by atoms with E-state index in [2.05, 4.69) is 132 Å². The molecule has 5 aromatic carbocycles. The molecule has 0 bridgehead atoms. The minimum Gasteiger partial charge on any atom is -0.357 e. The Hall–Kier alpha value is -7.05. The Morgan fingerprint density at radius 1 is 0.667 bits per heavy atom. The van der Waals surface area contributed by atoms with Gasteiger partial charge in [0.15, 0.2) is 0 Å². The van der Waals surface area contributed by atoms with Crippen molar-refractivity contribution in [3.05, 3.63) is 168 Å². The van der Waals surface area contributed by atoms with E-state index in [0.717, 1.165) is 61.9 Å². The van der Waals surface area contributed by atoms with Gasteiger partial charge < -0.3 is 9.47 Å². The maximum Gasteiger partial charge on any atom is 0.108 e. The zero-order valence-electron chi connectivity index (χ0n) is 28.0. The van der Waals surface area contributed by atoms with Crippen LogP contribution < -0.4 is 4.90 Å². The maximum absolute atomic E-state index is 10.7. The van der Waals surface area contributed by atoms with Crippen molar-refractivity contribution in [1.29, 1.82) is 15.8 Å². The summed E-state index contributed by atoms with van der Waals surface area (Å²) in [5.74, 6) is 0.275. The van der Waals surface area contributed by atoms with E-state index in [1.807, 2.05) is 54.6 Å². The Bertz CT molecular complexity index is 2590. The summed E-state index contributed by atoms with van der Waals surface area (Å²) < 4.78 is 2.17. The van der Waals surface area contributed by atoms with Crippen LogP contribution in [0.25, 0.3) is 49.7 Å². The van der Waals surface area contributed by atoms with Crippen LogP contribution in [0.1, 0.15) is 30.0 Å². The number of fused-ring (bicyclic) bond motifs is 4. The molecule has 0 amide bonds. The fraction of sp³-hybridized carbons (Fsp3) is 0.109. The summed E-state index contributed by atoms with van der Waals surface area (Å²) in [4.78, 5) is 2.35. The first-order valence-corrected chi connectivity index (χ1v) is 17.0. The molecule has 0 saturated carbocycles. The molecule has 1 aliphatic carbocycles. The summed E-state index contributed by atoms with van der Waals surface area (Å²) in [5, 5.41) is 32.2. The fourth-order valence-electron chi connectivity index (χ4n) is 7.60. The highest BCUT2D eigenvalue weighted by atomic mass is 15.2. The average molecular weight is 654 g/mol. The number of rotatable bonds is 4. The van der Waals surface area contributed by atoms with Crippen molar-refractivity contribution < 1.29 is 0 Å². The third kappa shape index (κ3) is 5.45. The van der Waals surface area contributed by atoms with Crippen LogP contribution in [0.15, 0.2) is 140 Å². The van der Waals surface area contributed by atoms with Crippen LogP contribution in [-0.4, -0.2) is 16.7 Å². The molecule has 2 heterocycles. The van der Waals surface area contributed by atoms with Crippen molar-refractivity contribution in [1.82, 2.24) is 4.57 Å². The van der Waals surface area contributed by atoms with Gasteiger partial charge >= 0.3 is 0 Å². The molecule has 6 aromatic rings. The molecule has 240 valence electrons. The summed E-state index contributed by atoms with van der Waals surface area (Å²) in [6.07, 6.45) is 18.2. The van der Waals surface area contributed by atoms with Gasteiger partial charge in [-0.1, -0.05) is 97.1 Å². The van der Waals surface area contributed by atoms with E-state index in [9.17, 15) is 15.8 Å². The standard InChI is InChI=1S/C46H31N5/c1-31-11-3-2-4-12-34-13-5-8-16-42(34)50(31)43-24-21-35(27-36(43)30-49)40-25-32(28-47)19-22-37(40)38-14-6-9-17-44(38)51-45-18-10-7-15-39(45)41-26-33(29-48)20-23-46(41)51/h2-11,13-19,21-22,24-27,31,34,42H,12H2,1H3/b4-2-,11-3-. The fourth-order valence-corrected chi connectivity index (χ4v) is 7.60. The van der Waals surface area contributed by atoms with Gasteiger partial charge in [-0.25, -0.2) is 0 Å². The summed E-state index contributed by atoms with van der Waals surface area (Å²) in [5.41, 5.74) is 8.73. The van der Waals surface area contributed by atoms with Gasteiger partial charge in [0.25, 0.3) is 0 Å². The SMILES string of the molecule is CC1/C=C\C=C/CC2C=CC=CC2N1c1ccc(-c2cc(C#N)ccc2-c2ccccc2-n2c3c#cc(C#N)cc3c3ccccc32)cc1C#N. The number of nitrogens with zero attached hydrogens (tertiary/aromatic N) is 5. The molecule has 0 spiro atoms. The lowest BCUT2D eigenvalue weighted by atomic mass is 9.88. The first kappa shape index (κ1) is 31.2. The first-order chi connectivity index (χ1) is 25.1. The lowest BCUT2D eigenvalue weighted by molar-refractivity contribution is 0.513. The number of hydrogen-bond donors (Lipinski definition) is 0. The molecule has 51 heavy (non-hydrogen) atoms. The molecule has 3 unspecified atom stereocenters. The highest BCUT2D eigenvalue weighted by molar-refractivity contribution is 6.09. The lowest BCUT2D eigenvalue weighted by Crippen LogP contribution is -2.44. The van der Waals surface area contributed by atoms with Crippen molar-refractivity contribution in [2.45, 2.75) is 25.4 Å². The maximum atomic E-state index is 10.7. The second-order valence-corrected chi connectivity index (χ2v) is 12.9. The highest BCUT2D eigenvalue weighted by Gasteiger charge is 2.30. The summed E-state index contributed by atoms with van der Waals surface area (Å²) >= 11 is 0. The molecular formula is C46H31N5. The molecule has 0 N–H and O–H groups in total. The van der Waals surface area contributed by atoms with Crippen LogP contribution >= 0.6 is 0 Å². The molecular weight excluding hydrogens is 623 g/mol. The molecule has 0 radical (unpaired) electrons. The van der Waals surface area contributed by atoms with E-state index in [0.29, 0.717) is 16.7 Å². The van der Waals surface area contributed by atoms with E-state index in [-0.39, 0.29) is 18.0 Å². The van der Waals surface area contributed by atoms with Gasteiger partial charge in [-0.3, -0.25) is 0 Å². The van der Waals surface area contributed by atoms with Gasteiger partial charge in [-0.2, -0.15) is 15.8 Å². The Labute approximate surface area is 297 Å². The second kappa shape index (κ2) is 13.1. The Morgan fingerprint density at radius 3 is 2.35 bits per heavy atom. The lowest BCUT2D eigenvalue weighted by Gasteiger charge is -2.40. The minimum atomic E-state index is 0.0446. The number of benzene rings is 4. The van der Waals surface area contributed by atoms with Gasteiger partial charge in [0, 0.05) is 28.3 Å². The summed E-state index contributed by atoms with van der Waals surface area (Å²) in [6.45, 7) is 2.17. The largest absolute Gasteiger partial charge is 0.357 e. The van der Waals surface area contributed by atoms with Crippen molar-refractivity contribution >= 4 is 27.5 Å². The number of anilines is 1. The van der Waals surface area contributed by atoms with Crippen LogP contribution in [0.2, 0.25) is 0 Å². The Morgan fingerprint density at radius 2 is 1.49 bits per heavy atom. The zero-order chi connectivity index (χ0) is 34.9. The molecule has 3 atom stereocenters. The zero-order valence-corrected chi connectivity index (χ0v) is 28.0. The molecule has 0 saturated heterocycles. The minimum absolute atomic E-state index is 0.0446. The molecule has 0 fully saturated rings. The first-order valence-electron chi connectivity index (χ1n) is 17.0. The van der Waals surface area contributed by atoms with Crippen molar-refractivity contribution in [3.63, 3.8) is 0 Å². The van der Waals surface area contributed by atoms with E-state index in [1.165, 1.54) is 0 Å². The van der Waals surface area contributed by atoms with Crippen LogP contribution in [0.3, 0.4) is 0 Å². The predicted octanol–water partition coefficient (Wildman–Crippen LogP) is 10.2. The van der Waals surface area contributed by atoms with Gasteiger partial charge in [0.1, 0.15) is 23.2 Å². The third-order valence-electron chi connectivity index (χ3n) is 9.95. The molecule has 2 aliphatic rings. The second-order valence-electron chi connectivity index (χ2n) is 12.9. The van der Waals surface area contributed by atoms with Crippen molar-refractivity contribution in [2.24, 2.45) is 5.92 Å². The van der Waals surface area contributed by atoms with Crippen LogP contribution in [0.4, 0.5) is 5.69 Å². The van der Waals surface area contributed by atoms with Crippen molar-refractivity contribution in [2.75, 3.05) is 4.90 Å². The van der Waals surface area contributed by atoms with E-state index < -0.39 is 0 Å². The van der Waals surface area contributed by atoms with Crippen LogP contribution in [-0.2, 0) is 0 Å². The quantitative estimate of drug-likeness (QED) is 0.190. The Balaban J connectivity index is 1.31. The van der Waals surface area contributed by atoms with E-state index >= 15 is 0 Å². The third-order valence-corrected chi connectivity index (χ3v) is 9.95. The number of hydrogen-bond acceptors (Lipinski definition) is 4. The van der Waals surface area contributed by atoms with Crippen LogP contribution in [0, 0.1) is 52.0 Å². The molecule has 1 aliphatic heterocycles. The number of aromatic nitrogens is 1. The molecule has 5 heteroatoms. The Kier molecular flexibility index (Phi) is 8.02. The van der Waals surface area contributed by atoms with E-state index in [1.54, 1.807) is 0 Å². The molecule has 5 nitrogen and oxygen atoms in total. The topological polar surface area (TPSA) is 79.5 Å². The predicted molar refractivity (Wildman–Crippen MR) is 204 cm³/mol. The summed E-state index contributed by atoms with van der Waals surface area (Å²) in [7, 11) is 0. The summed E-state index contributed by atoms with van der Waals surface area (Å²) in [6, 6.07) is 43.5. The van der Waals surface area contributed by atoms with Crippen LogP contribution in [0.5, 0.6) is 0 Å². The monoisotopic (exact) mass is 653 g/mol. The van der Waals surface area contributed by atoms with Gasteiger partial charge in [-0.05, 0) is 84.6 Å². The highest BCUT2D eigenvalue weighted by Crippen LogP contribution is 2.41. The molecule has 8 rings (SSSR count). The van der Waals surface area contributed by atoms with Gasteiger partial charge in [0.2, 0.25) is 0 Å². The smallest absolute Gasteiger partial charge is 0.108 e. The number of para-hydroxylation sites is 2. The van der Waals surface area contributed by atoms with Crippen molar-refractivity contribution in [3.8, 4) is 46.1 Å². The number of nitriles is 3. The van der Waals surface area contributed by atoms with Gasteiger partial charge in [0.05, 0.1) is 40.1 Å². The normalized spacial score (nSPS) is 19.1.